The minimum atomic E-state index is -0.759. The molecule has 0 aromatic heterocycles. The van der Waals surface area contributed by atoms with E-state index in [1.165, 1.54) is 0 Å². The number of carbonyl (C=O) groups is 1. The average molecular weight is 168 g/mol. The van der Waals surface area contributed by atoms with Gasteiger partial charge < -0.3 is 5.11 Å². The maximum Gasteiger partial charge on any atom is 0.320 e. The van der Waals surface area contributed by atoms with Crippen LogP contribution in [0.5, 0.6) is 0 Å². The highest BCUT2D eigenvalue weighted by atomic mass is 16.4. The summed E-state index contributed by atoms with van der Waals surface area (Å²) in [7, 11) is 0. The Bertz CT molecular complexity index is 210. The first-order valence-corrected chi connectivity index (χ1v) is 4.09. The molecule has 0 saturated carbocycles. The van der Waals surface area contributed by atoms with Gasteiger partial charge in [-0.15, -0.1) is 0 Å². The number of carboxylic acids is 1. The molecule has 0 bridgehead atoms. The van der Waals surface area contributed by atoms with Gasteiger partial charge in [0.05, 0.1) is 6.07 Å². The summed E-state index contributed by atoms with van der Waals surface area (Å²) in [5.41, 5.74) is 0. The molecule has 0 aromatic carbocycles. The molecule has 4 nitrogen and oxygen atoms in total. The van der Waals surface area contributed by atoms with E-state index in [0.717, 1.165) is 19.4 Å². The maximum absolute atomic E-state index is 10.7. The van der Waals surface area contributed by atoms with Crippen LogP contribution in [0.1, 0.15) is 19.3 Å². The minimum absolute atomic E-state index is 0.349. The number of aliphatic carboxylic acids is 1. The van der Waals surface area contributed by atoms with Gasteiger partial charge in [0, 0.05) is 13.0 Å². The second-order valence-electron chi connectivity index (χ2n) is 2.94. The molecule has 4 heteroatoms. The Morgan fingerprint density at radius 2 is 2.50 bits per heavy atom. The lowest BCUT2D eigenvalue weighted by atomic mass is 10.2. The zero-order valence-electron chi connectivity index (χ0n) is 6.86. The Hall–Kier alpha value is -1.08. The minimum Gasteiger partial charge on any atom is -0.480 e. The zero-order chi connectivity index (χ0) is 8.97. The lowest BCUT2D eigenvalue weighted by Gasteiger charge is -2.18. The van der Waals surface area contributed by atoms with Crippen molar-refractivity contribution in [2.24, 2.45) is 0 Å². The fourth-order valence-corrected chi connectivity index (χ4v) is 1.57. The molecule has 1 N–H and O–H groups in total. The Morgan fingerprint density at radius 1 is 1.75 bits per heavy atom. The molecular weight excluding hydrogens is 156 g/mol. The summed E-state index contributed by atoms with van der Waals surface area (Å²) < 4.78 is 0. The second-order valence-corrected chi connectivity index (χ2v) is 2.94. The van der Waals surface area contributed by atoms with E-state index in [9.17, 15) is 4.79 Å². The lowest BCUT2D eigenvalue weighted by Crippen LogP contribution is -2.36. The van der Waals surface area contributed by atoms with Crippen LogP contribution in [-0.2, 0) is 4.79 Å². The molecule has 0 aromatic rings. The summed E-state index contributed by atoms with van der Waals surface area (Å²) >= 11 is 0. The molecule has 0 radical (unpaired) electrons. The fourth-order valence-electron chi connectivity index (χ4n) is 1.57. The lowest BCUT2D eigenvalue weighted by molar-refractivity contribution is -0.142. The molecule has 1 atom stereocenters. The molecule has 1 heterocycles. The van der Waals surface area contributed by atoms with Crippen LogP contribution in [0.4, 0.5) is 0 Å². The van der Waals surface area contributed by atoms with Crippen LogP contribution in [0.2, 0.25) is 0 Å². The van der Waals surface area contributed by atoms with Crippen molar-refractivity contribution in [3.8, 4) is 6.07 Å². The van der Waals surface area contributed by atoms with Crippen molar-refractivity contribution in [2.45, 2.75) is 25.3 Å². The molecular formula is C8H12N2O2. The molecule has 66 valence electrons. The second kappa shape index (κ2) is 4.07. The third-order valence-corrected chi connectivity index (χ3v) is 2.16. The molecule has 0 aliphatic carbocycles. The molecule has 1 saturated heterocycles. The van der Waals surface area contributed by atoms with Crippen LogP contribution in [0.3, 0.4) is 0 Å². The summed E-state index contributed by atoms with van der Waals surface area (Å²) in [6.45, 7) is 1.41. The monoisotopic (exact) mass is 168 g/mol. The summed E-state index contributed by atoms with van der Waals surface area (Å²) in [6, 6.07) is 1.67. The van der Waals surface area contributed by atoms with Gasteiger partial charge in [-0.25, -0.2) is 0 Å². The van der Waals surface area contributed by atoms with Crippen LogP contribution in [0.15, 0.2) is 0 Å². The van der Waals surface area contributed by atoms with Crippen LogP contribution in [0, 0.1) is 11.3 Å². The third-order valence-electron chi connectivity index (χ3n) is 2.16. The van der Waals surface area contributed by atoms with E-state index < -0.39 is 5.97 Å². The van der Waals surface area contributed by atoms with Crippen LogP contribution < -0.4 is 0 Å². The van der Waals surface area contributed by atoms with Crippen LogP contribution in [0.25, 0.3) is 0 Å². The zero-order valence-corrected chi connectivity index (χ0v) is 6.86. The molecule has 12 heavy (non-hydrogen) atoms. The number of nitriles is 1. The van der Waals surface area contributed by atoms with Crippen molar-refractivity contribution in [2.75, 3.05) is 13.1 Å². The number of hydrogen-bond donors (Lipinski definition) is 1. The highest BCUT2D eigenvalue weighted by molar-refractivity contribution is 5.73. The number of hydrogen-bond acceptors (Lipinski definition) is 3. The van der Waals surface area contributed by atoms with Crippen molar-refractivity contribution >= 4 is 5.97 Å². The third kappa shape index (κ3) is 1.95. The van der Waals surface area contributed by atoms with Crippen molar-refractivity contribution < 1.29 is 9.90 Å². The smallest absolute Gasteiger partial charge is 0.320 e. The molecule has 0 amide bonds. The first-order valence-electron chi connectivity index (χ1n) is 4.09. The highest BCUT2D eigenvalue weighted by Gasteiger charge is 2.29. The van der Waals surface area contributed by atoms with Gasteiger partial charge in [0.1, 0.15) is 6.04 Å². The van der Waals surface area contributed by atoms with Gasteiger partial charge in [-0.1, -0.05) is 0 Å². The molecule has 1 fully saturated rings. The summed E-state index contributed by atoms with van der Waals surface area (Å²) in [5, 5.41) is 17.1. The number of rotatable bonds is 3. The summed E-state index contributed by atoms with van der Waals surface area (Å²) in [5.74, 6) is -0.759. The predicted molar refractivity (Wildman–Crippen MR) is 42.5 cm³/mol. The standard InChI is InChI=1S/C8H12N2O2/c9-4-2-6-10-5-1-3-7(10)8(11)12/h7H,1-3,5-6H2,(H,11,12)/t7-/m0/s1. The van der Waals surface area contributed by atoms with Crippen LogP contribution in [-0.4, -0.2) is 35.1 Å². The van der Waals surface area contributed by atoms with Gasteiger partial charge in [-0.3, -0.25) is 9.69 Å². The Balaban J connectivity index is 2.42. The van der Waals surface area contributed by atoms with Crippen LogP contribution >= 0.6 is 0 Å². The predicted octanol–water partition coefficient (Wildman–Crippen LogP) is 0.449. The first-order chi connectivity index (χ1) is 5.75. The van der Waals surface area contributed by atoms with Gasteiger partial charge in [-0.05, 0) is 19.4 Å². The van der Waals surface area contributed by atoms with Crippen molar-refractivity contribution in [3.05, 3.63) is 0 Å². The molecule has 1 aliphatic heterocycles. The van der Waals surface area contributed by atoms with Crippen molar-refractivity contribution in [3.63, 3.8) is 0 Å². The fraction of sp³-hybridized carbons (Fsp3) is 0.750. The van der Waals surface area contributed by atoms with E-state index in [2.05, 4.69) is 0 Å². The molecule has 1 rings (SSSR count). The highest BCUT2D eigenvalue weighted by Crippen LogP contribution is 2.16. The van der Waals surface area contributed by atoms with Gasteiger partial charge in [0.2, 0.25) is 0 Å². The van der Waals surface area contributed by atoms with E-state index in [1.54, 1.807) is 0 Å². The topological polar surface area (TPSA) is 64.3 Å². The molecule has 1 aliphatic rings. The van der Waals surface area contributed by atoms with E-state index in [-0.39, 0.29) is 6.04 Å². The van der Waals surface area contributed by atoms with Gasteiger partial charge in [0.25, 0.3) is 0 Å². The van der Waals surface area contributed by atoms with E-state index in [1.807, 2.05) is 11.0 Å². The van der Waals surface area contributed by atoms with Gasteiger partial charge >= 0.3 is 5.97 Å². The first kappa shape index (κ1) is 9.01. The van der Waals surface area contributed by atoms with Gasteiger partial charge in [0.15, 0.2) is 0 Å². The SMILES string of the molecule is N#CCCN1CCC[C@H]1C(=O)O. The normalized spacial score (nSPS) is 23.8. The summed E-state index contributed by atoms with van der Waals surface area (Å²) in [6.07, 6.45) is 2.08. The van der Waals surface area contributed by atoms with E-state index >= 15 is 0 Å². The number of carboxylic acid groups (broad SMARTS) is 1. The average Bonchev–Trinajstić information content (AvgIpc) is 2.48. The quantitative estimate of drug-likeness (QED) is 0.664. The maximum atomic E-state index is 10.7. The number of nitrogens with zero attached hydrogens (tertiary/aromatic N) is 2. The largest absolute Gasteiger partial charge is 0.480 e. The summed E-state index contributed by atoms with van der Waals surface area (Å²) in [4.78, 5) is 12.5. The Labute approximate surface area is 71.4 Å². The number of likely N-dealkylation sites (tertiary alicyclic amines) is 1. The van der Waals surface area contributed by atoms with E-state index in [0.29, 0.717) is 13.0 Å². The van der Waals surface area contributed by atoms with Crippen molar-refractivity contribution in [1.29, 1.82) is 5.26 Å². The molecule has 0 spiro atoms. The van der Waals surface area contributed by atoms with Crippen molar-refractivity contribution in [1.82, 2.24) is 4.90 Å². The Morgan fingerprint density at radius 3 is 3.08 bits per heavy atom. The van der Waals surface area contributed by atoms with Gasteiger partial charge in [-0.2, -0.15) is 5.26 Å². The van der Waals surface area contributed by atoms with E-state index in [4.69, 9.17) is 10.4 Å². The molecule has 0 unspecified atom stereocenters. The Kier molecular flexibility index (Phi) is 3.06.